The fourth-order valence-corrected chi connectivity index (χ4v) is 4.39. The normalized spacial score (nSPS) is 11.3. The zero-order valence-corrected chi connectivity index (χ0v) is 19.3. The first kappa shape index (κ1) is 23.5. The number of benzene rings is 3. The molecule has 1 aromatic heterocycles. The number of primary sulfonamides is 1. The molecule has 0 saturated heterocycles. The highest BCUT2D eigenvalue weighted by atomic mass is 32.2. The number of anilines is 1. The second-order valence-corrected chi connectivity index (χ2v) is 9.58. The Balaban J connectivity index is 1.34. The number of oxazole rings is 1. The Bertz CT molecular complexity index is 1420. The van der Waals surface area contributed by atoms with Gasteiger partial charge in [-0.1, -0.05) is 42.1 Å². The Morgan fingerprint density at radius 2 is 1.71 bits per heavy atom. The lowest BCUT2D eigenvalue weighted by molar-refractivity contribution is -0.119. The van der Waals surface area contributed by atoms with E-state index in [2.05, 4.69) is 10.3 Å². The number of hydrogen-bond donors (Lipinski definition) is 2. The Morgan fingerprint density at radius 1 is 1.00 bits per heavy atom. The highest BCUT2D eigenvalue weighted by Gasteiger charge is 2.16. The largest absolute Gasteiger partial charge is 0.452 e. The first-order chi connectivity index (χ1) is 16.3. The molecule has 0 radical (unpaired) electrons. The number of rotatable bonds is 8. The Kier molecular flexibility index (Phi) is 6.96. The monoisotopic (exact) mass is 497 g/mol. The van der Waals surface area contributed by atoms with Gasteiger partial charge in [0.15, 0.2) is 12.2 Å². The van der Waals surface area contributed by atoms with Crippen LogP contribution < -0.4 is 10.5 Å². The summed E-state index contributed by atoms with van der Waals surface area (Å²) in [5, 5.41) is 8.05. The molecule has 4 aromatic rings. The number of nitrogens with two attached hydrogens (primary N) is 1. The molecule has 4 rings (SSSR count). The van der Waals surface area contributed by atoms with Gasteiger partial charge in [0.25, 0.3) is 11.1 Å². The number of carbonyl (C=O) groups is 2. The van der Waals surface area contributed by atoms with E-state index in [1.165, 1.54) is 36.0 Å². The fourth-order valence-electron chi connectivity index (χ4n) is 3.03. The van der Waals surface area contributed by atoms with Crippen LogP contribution in [0.15, 0.2) is 87.3 Å². The molecule has 174 valence electrons. The smallest absolute Gasteiger partial charge is 0.338 e. The molecule has 0 aliphatic heterocycles. The summed E-state index contributed by atoms with van der Waals surface area (Å²) in [5.74, 6) is -0.802. The van der Waals surface area contributed by atoms with E-state index in [0.29, 0.717) is 33.4 Å². The average molecular weight is 498 g/mol. The van der Waals surface area contributed by atoms with Gasteiger partial charge in [-0.25, -0.2) is 23.3 Å². The van der Waals surface area contributed by atoms with Crippen molar-refractivity contribution >= 4 is 50.4 Å². The van der Waals surface area contributed by atoms with Crippen LogP contribution in [0, 0.1) is 0 Å². The molecule has 1 heterocycles. The van der Waals surface area contributed by atoms with E-state index in [4.69, 9.17) is 14.3 Å². The molecule has 3 N–H and O–H groups in total. The number of aromatic nitrogens is 1. The number of hydrogen-bond acceptors (Lipinski definition) is 8. The van der Waals surface area contributed by atoms with E-state index >= 15 is 0 Å². The predicted octanol–water partition coefficient (Wildman–Crippen LogP) is 3.56. The number of para-hydroxylation sites is 2. The number of amides is 1. The minimum absolute atomic E-state index is 0.0794. The van der Waals surface area contributed by atoms with Gasteiger partial charge in [0, 0.05) is 11.4 Å². The lowest BCUT2D eigenvalue weighted by Crippen LogP contribution is -2.21. The molecule has 0 aliphatic rings. The van der Waals surface area contributed by atoms with E-state index in [9.17, 15) is 18.0 Å². The number of thioether (sulfide) groups is 1. The highest BCUT2D eigenvalue weighted by Crippen LogP contribution is 2.27. The van der Waals surface area contributed by atoms with Crippen LogP contribution in [0.25, 0.3) is 11.1 Å². The first-order valence-electron chi connectivity index (χ1n) is 9.96. The second kappa shape index (κ2) is 10.1. The summed E-state index contributed by atoms with van der Waals surface area (Å²) in [6, 6.07) is 19.6. The van der Waals surface area contributed by atoms with Crippen LogP contribution in [0.1, 0.15) is 15.9 Å². The molecule has 1 amide bonds. The maximum absolute atomic E-state index is 12.6. The van der Waals surface area contributed by atoms with Crippen molar-refractivity contribution in [3.8, 4) is 0 Å². The molecular weight excluding hydrogens is 478 g/mol. The summed E-state index contributed by atoms with van der Waals surface area (Å²) < 4.78 is 33.5. The third kappa shape index (κ3) is 5.81. The lowest BCUT2D eigenvalue weighted by atomic mass is 10.1. The van der Waals surface area contributed by atoms with Gasteiger partial charge in [0.05, 0.1) is 10.5 Å². The molecule has 0 bridgehead atoms. The van der Waals surface area contributed by atoms with E-state index < -0.39 is 28.5 Å². The number of esters is 1. The molecule has 0 atom stereocenters. The van der Waals surface area contributed by atoms with Crippen molar-refractivity contribution < 1.29 is 27.2 Å². The van der Waals surface area contributed by atoms with Gasteiger partial charge in [0.2, 0.25) is 10.0 Å². The Morgan fingerprint density at radius 3 is 2.44 bits per heavy atom. The molecule has 3 aromatic carbocycles. The zero-order valence-electron chi connectivity index (χ0n) is 17.6. The van der Waals surface area contributed by atoms with Crippen molar-refractivity contribution in [3.05, 3.63) is 83.9 Å². The summed E-state index contributed by atoms with van der Waals surface area (Å²) >= 11 is 1.34. The number of carbonyl (C=O) groups excluding carboxylic acids is 2. The minimum Gasteiger partial charge on any atom is -0.452 e. The van der Waals surface area contributed by atoms with Crippen molar-refractivity contribution in [1.82, 2.24) is 4.98 Å². The third-order valence-electron chi connectivity index (χ3n) is 4.66. The van der Waals surface area contributed by atoms with Gasteiger partial charge in [0.1, 0.15) is 5.52 Å². The van der Waals surface area contributed by atoms with E-state index in [1.54, 1.807) is 24.3 Å². The van der Waals surface area contributed by atoms with Crippen LogP contribution in [0.5, 0.6) is 0 Å². The van der Waals surface area contributed by atoms with Gasteiger partial charge in [-0.15, -0.1) is 0 Å². The van der Waals surface area contributed by atoms with Gasteiger partial charge >= 0.3 is 5.97 Å². The van der Waals surface area contributed by atoms with Gasteiger partial charge in [-0.2, -0.15) is 0 Å². The number of nitrogens with one attached hydrogen (secondary N) is 1. The summed E-state index contributed by atoms with van der Waals surface area (Å²) in [6.45, 7) is -0.512. The number of ether oxygens (including phenoxy) is 1. The standard InChI is InChI=1S/C23H19N3O6S2/c24-34(29,30)17-11-9-16(10-12-17)25-21(27)13-31-22(28)18-6-2-1-5-15(18)14-33-23-26-19-7-3-4-8-20(19)32-23/h1-12H,13-14H2,(H,25,27)(H2,24,29,30). The van der Waals surface area contributed by atoms with Crippen LogP contribution in [-0.2, 0) is 25.3 Å². The lowest BCUT2D eigenvalue weighted by Gasteiger charge is -2.09. The van der Waals surface area contributed by atoms with Gasteiger partial charge in [-0.05, 0) is 48.0 Å². The van der Waals surface area contributed by atoms with E-state index in [-0.39, 0.29) is 4.90 Å². The van der Waals surface area contributed by atoms with Gasteiger partial charge < -0.3 is 14.5 Å². The topological polar surface area (TPSA) is 142 Å². The van der Waals surface area contributed by atoms with E-state index in [1.807, 2.05) is 24.3 Å². The second-order valence-electron chi connectivity index (χ2n) is 7.09. The summed E-state index contributed by atoms with van der Waals surface area (Å²) in [4.78, 5) is 29.1. The van der Waals surface area contributed by atoms with Crippen LogP contribution in [0.4, 0.5) is 5.69 Å². The molecule has 34 heavy (non-hydrogen) atoms. The molecule has 0 unspecified atom stereocenters. The molecule has 0 fully saturated rings. The van der Waals surface area contributed by atoms with Crippen molar-refractivity contribution in [2.75, 3.05) is 11.9 Å². The SMILES string of the molecule is NS(=O)(=O)c1ccc(NC(=O)COC(=O)c2ccccc2CSc2nc3ccccc3o2)cc1. The molecule has 0 saturated carbocycles. The number of fused-ring (bicyclic) bond motifs is 1. The third-order valence-corrected chi connectivity index (χ3v) is 6.47. The quantitative estimate of drug-likeness (QED) is 0.278. The Hall–Kier alpha value is -3.67. The van der Waals surface area contributed by atoms with Gasteiger partial charge in [-0.3, -0.25) is 4.79 Å². The van der Waals surface area contributed by atoms with Crippen molar-refractivity contribution in [2.45, 2.75) is 15.9 Å². The maximum atomic E-state index is 12.6. The number of sulfonamides is 1. The van der Waals surface area contributed by atoms with Crippen LogP contribution in [0.2, 0.25) is 0 Å². The highest BCUT2D eigenvalue weighted by molar-refractivity contribution is 7.98. The van der Waals surface area contributed by atoms with E-state index in [0.717, 1.165) is 5.52 Å². The zero-order chi connectivity index (χ0) is 24.1. The molecule has 11 heteroatoms. The number of nitrogens with zero attached hydrogens (tertiary/aromatic N) is 1. The summed E-state index contributed by atoms with van der Waals surface area (Å²) in [6.07, 6.45) is 0. The molecular formula is C23H19N3O6S2. The fraction of sp³-hybridized carbons (Fsp3) is 0.0870. The maximum Gasteiger partial charge on any atom is 0.338 e. The first-order valence-corrected chi connectivity index (χ1v) is 12.5. The molecule has 9 nitrogen and oxygen atoms in total. The molecule has 0 spiro atoms. The average Bonchev–Trinajstić information content (AvgIpc) is 3.24. The van der Waals surface area contributed by atoms with Crippen molar-refractivity contribution in [3.63, 3.8) is 0 Å². The van der Waals surface area contributed by atoms with Crippen molar-refractivity contribution in [2.24, 2.45) is 5.14 Å². The van der Waals surface area contributed by atoms with Crippen LogP contribution in [0.3, 0.4) is 0 Å². The summed E-state index contributed by atoms with van der Waals surface area (Å²) in [7, 11) is -3.83. The Labute approximate surface area is 199 Å². The molecule has 0 aliphatic carbocycles. The van der Waals surface area contributed by atoms with Crippen molar-refractivity contribution in [1.29, 1.82) is 0 Å². The van der Waals surface area contributed by atoms with Crippen LogP contribution in [-0.4, -0.2) is 31.9 Å². The summed E-state index contributed by atoms with van der Waals surface area (Å²) in [5.41, 5.74) is 2.81. The van der Waals surface area contributed by atoms with Crippen LogP contribution >= 0.6 is 11.8 Å². The minimum atomic E-state index is -3.83. The predicted molar refractivity (Wildman–Crippen MR) is 127 cm³/mol.